The van der Waals surface area contributed by atoms with Crippen molar-refractivity contribution in [1.82, 2.24) is 4.57 Å². The largest absolute Gasteiger partial charge is 0.494 e. The van der Waals surface area contributed by atoms with Gasteiger partial charge in [0.1, 0.15) is 5.60 Å². The highest BCUT2D eigenvalue weighted by molar-refractivity contribution is 7.99. The fourth-order valence-electron chi connectivity index (χ4n) is 5.53. The van der Waals surface area contributed by atoms with Gasteiger partial charge in [0.05, 0.1) is 39.6 Å². The van der Waals surface area contributed by atoms with Crippen molar-refractivity contribution in [2.45, 2.75) is 55.4 Å². The Morgan fingerprint density at radius 1 is 1.16 bits per heavy atom. The molecule has 2 aliphatic heterocycles. The molecule has 11 heteroatoms. The number of hydrogen-bond acceptors (Lipinski definition) is 6. The zero-order chi connectivity index (χ0) is 27.5. The number of anilines is 1. The van der Waals surface area contributed by atoms with Crippen LogP contribution >= 0.6 is 11.8 Å². The maximum absolute atomic E-state index is 13.6. The van der Waals surface area contributed by atoms with Gasteiger partial charge in [-0.1, -0.05) is 0 Å². The summed E-state index contributed by atoms with van der Waals surface area (Å²) < 4.78 is 48.1. The first-order valence-corrected chi connectivity index (χ1v) is 12.9. The third-order valence-corrected chi connectivity index (χ3v) is 8.18. The molecule has 2 bridgehead atoms. The zero-order valence-corrected chi connectivity index (χ0v) is 21.3. The number of nitriles is 1. The summed E-state index contributed by atoms with van der Waals surface area (Å²) in [5.74, 6) is -0.298. The molecule has 2 atom stereocenters. The smallest absolute Gasteiger partial charge is 0.417 e. The number of carbonyl (C=O) groups is 1. The van der Waals surface area contributed by atoms with E-state index in [9.17, 15) is 28.2 Å². The number of aromatic nitrogens is 1. The van der Waals surface area contributed by atoms with Gasteiger partial charge in [0, 0.05) is 23.3 Å². The standard InChI is InChI=1S/C27H24F3N3O4S/c1-15(34)32-17-4-7-19(8-5-17)38-12-11-26-10-9-25(2,37-26)21-22(26)24(36)33(23(21)35)18-6-3-16(14-31)20(13-18)27(28,29)30/h3-8,13,35-36H,9-12H2,1-2H3,(H,32,34)/t25-,26+/m1/s1. The molecule has 2 aliphatic rings. The van der Waals surface area contributed by atoms with Crippen LogP contribution in [0.1, 0.15) is 55.4 Å². The molecule has 0 unspecified atom stereocenters. The van der Waals surface area contributed by atoms with Crippen LogP contribution in [0.4, 0.5) is 18.9 Å². The predicted octanol–water partition coefficient (Wildman–Crippen LogP) is 6.15. The molecular formula is C27H24F3N3O4S. The van der Waals surface area contributed by atoms with E-state index in [2.05, 4.69) is 5.32 Å². The van der Waals surface area contributed by atoms with Gasteiger partial charge in [0.25, 0.3) is 0 Å². The number of thioether (sulfide) groups is 1. The number of aromatic hydroxyl groups is 2. The van der Waals surface area contributed by atoms with E-state index in [0.717, 1.165) is 21.6 Å². The number of carbonyl (C=O) groups excluding carboxylic acids is 1. The first kappa shape index (κ1) is 26.0. The highest BCUT2D eigenvalue weighted by Crippen LogP contribution is 2.65. The molecule has 3 heterocycles. The Morgan fingerprint density at radius 2 is 1.84 bits per heavy atom. The third-order valence-electron chi connectivity index (χ3n) is 7.17. The number of alkyl halides is 3. The van der Waals surface area contributed by atoms with Crippen LogP contribution in [0.15, 0.2) is 47.4 Å². The van der Waals surface area contributed by atoms with Gasteiger partial charge < -0.3 is 20.3 Å². The van der Waals surface area contributed by atoms with E-state index >= 15 is 0 Å². The van der Waals surface area contributed by atoms with Crippen molar-refractivity contribution in [3.8, 4) is 23.5 Å². The van der Waals surface area contributed by atoms with Crippen LogP contribution in [0.25, 0.3) is 5.69 Å². The quantitative estimate of drug-likeness (QED) is 0.322. The molecule has 3 N–H and O–H groups in total. The lowest BCUT2D eigenvalue weighted by Gasteiger charge is -2.26. The van der Waals surface area contributed by atoms with Gasteiger partial charge in [-0.05, 0) is 68.7 Å². The minimum absolute atomic E-state index is 0.104. The van der Waals surface area contributed by atoms with Gasteiger partial charge in [-0.2, -0.15) is 18.4 Å². The van der Waals surface area contributed by atoms with Gasteiger partial charge in [0.15, 0.2) is 0 Å². The second kappa shape index (κ2) is 8.99. The monoisotopic (exact) mass is 543 g/mol. The molecule has 1 aromatic heterocycles. The Balaban J connectivity index is 1.46. The number of ether oxygens (including phenoxy) is 1. The van der Waals surface area contributed by atoms with Crippen molar-refractivity contribution < 1.29 is 32.9 Å². The highest BCUT2D eigenvalue weighted by Gasteiger charge is 2.61. The van der Waals surface area contributed by atoms with Crippen LogP contribution in [0, 0.1) is 11.3 Å². The van der Waals surface area contributed by atoms with Gasteiger partial charge in [-0.15, -0.1) is 11.8 Å². The summed E-state index contributed by atoms with van der Waals surface area (Å²) in [5, 5.41) is 34.2. The number of halogens is 3. The molecule has 1 saturated heterocycles. The molecule has 5 rings (SSSR count). The summed E-state index contributed by atoms with van der Waals surface area (Å²) >= 11 is 1.56. The van der Waals surface area contributed by atoms with Crippen molar-refractivity contribution in [2.75, 3.05) is 11.1 Å². The second-order valence-corrected chi connectivity index (χ2v) is 10.9. The Hall–Kier alpha value is -3.62. The molecule has 0 saturated carbocycles. The van der Waals surface area contributed by atoms with E-state index in [-0.39, 0.29) is 23.4 Å². The minimum atomic E-state index is -4.78. The SMILES string of the molecule is CC(=O)Nc1ccc(SCC[C@]23CC[C@@](C)(O2)c2c3c(O)n(-c3ccc(C#N)c(C(F)(F)F)c3)c2O)cc1. The Bertz CT molecular complexity index is 1480. The Morgan fingerprint density at radius 3 is 2.47 bits per heavy atom. The fraction of sp³-hybridized carbons (Fsp3) is 0.333. The van der Waals surface area contributed by atoms with Crippen LogP contribution in [-0.4, -0.2) is 26.4 Å². The molecule has 7 nitrogen and oxygen atoms in total. The number of nitrogens with one attached hydrogen (secondary N) is 1. The molecule has 0 radical (unpaired) electrons. The molecule has 38 heavy (non-hydrogen) atoms. The first-order valence-electron chi connectivity index (χ1n) is 11.9. The fourth-order valence-corrected chi connectivity index (χ4v) is 6.52. The average molecular weight is 544 g/mol. The van der Waals surface area contributed by atoms with Gasteiger partial charge in [-0.3, -0.25) is 9.36 Å². The summed E-state index contributed by atoms with van der Waals surface area (Å²) in [4.78, 5) is 12.2. The van der Waals surface area contributed by atoms with Gasteiger partial charge in [-0.25, -0.2) is 0 Å². The molecule has 198 valence electrons. The van der Waals surface area contributed by atoms with Crippen LogP contribution in [0.2, 0.25) is 0 Å². The first-order chi connectivity index (χ1) is 17.9. The molecule has 3 aromatic rings. The van der Waals surface area contributed by atoms with Crippen LogP contribution in [0.5, 0.6) is 11.8 Å². The van der Waals surface area contributed by atoms with Crippen LogP contribution in [0.3, 0.4) is 0 Å². The number of hydrogen-bond donors (Lipinski definition) is 3. The lowest BCUT2D eigenvalue weighted by Crippen LogP contribution is -2.23. The van der Waals surface area contributed by atoms with Gasteiger partial charge in [0.2, 0.25) is 17.7 Å². The minimum Gasteiger partial charge on any atom is -0.494 e. The van der Waals surface area contributed by atoms with Crippen molar-refractivity contribution in [3.05, 3.63) is 64.7 Å². The van der Waals surface area contributed by atoms with E-state index in [1.807, 2.05) is 12.1 Å². The lowest BCUT2D eigenvalue weighted by molar-refractivity contribution is -0.137. The highest BCUT2D eigenvalue weighted by atomic mass is 32.2. The van der Waals surface area contributed by atoms with Crippen molar-refractivity contribution in [2.24, 2.45) is 0 Å². The van der Waals surface area contributed by atoms with Gasteiger partial charge >= 0.3 is 6.18 Å². The van der Waals surface area contributed by atoms with Crippen molar-refractivity contribution in [3.63, 3.8) is 0 Å². The molecule has 1 fully saturated rings. The molecule has 0 aliphatic carbocycles. The maximum Gasteiger partial charge on any atom is 0.417 e. The average Bonchev–Trinajstić information content (AvgIpc) is 3.43. The number of amides is 1. The molecule has 1 amide bonds. The number of nitrogens with zero attached hydrogens (tertiary/aromatic N) is 2. The van der Waals surface area contributed by atoms with E-state index in [1.165, 1.54) is 19.1 Å². The lowest BCUT2D eigenvalue weighted by atomic mass is 9.78. The summed E-state index contributed by atoms with van der Waals surface area (Å²) in [6.07, 6.45) is -3.13. The molecular weight excluding hydrogens is 519 g/mol. The summed E-state index contributed by atoms with van der Waals surface area (Å²) in [6, 6.07) is 12.0. The Labute approximate surface area is 220 Å². The van der Waals surface area contributed by atoms with E-state index in [0.29, 0.717) is 41.8 Å². The normalized spacial score (nSPS) is 21.8. The second-order valence-electron chi connectivity index (χ2n) is 9.70. The number of benzene rings is 2. The molecule has 2 aromatic carbocycles. The van der Waals surface area contributed by atoms with E-state index in [4.69, 9.17) is 10.00 Å². The topological polar surface area (TPSA) is 108 Å². The maximum atomic E-state index is 13.6. The van der Waals surface area contributed by atoms with E-state index < -0.39 is 28.5 Å². The van der Waals surface area contributed by atoms with Crippen LogP contribution in [-0.2, 0) is 26.9 Å². The zero-order valence-electron chi connectivity index (χ0n) is 20.5. The predicted molar refractivity (Wildman–Crippen MR) is 134 cm³/mol. The van der Waals surface area contributed by atoms with Crippen molar-refractivity contribution in [1.29, 1.82) is 5.26 Å². The summed E-state index contributed by atoms with van der Waals surface area (Å²) in [6.45, 7) is 3.24. The number of fused-ring (bicyclic) bond motifs is 5. The van der Waals surface area contributed by atoms with Crippen LogP contribution < -0.4 is 5.32 Å². The number of rotatable bonds is 6. The summed E-state index contributed by atoms with van der Waals surface area (Å²) in [7, 11) is 0. The third kappa shape index (κ3) is 4.18. The summed E-state index contributed by atoms with van der Waals surface area (Å²) in [5.41, 5.74) is -2.14. The molecule has 0 spiro atoms. The van der Waals surface area contributed by atoms with Crippen molar-refractivity contribution >= 4 is 23.4 Å². The Kier molecular flexibility index (Phi) is 6.16. The van der Waals surface area contributed by atoms with E-state index in [1.54, 1.807) is 30.8 Å².